The molecule has 0 aromatic carbocycles. The van der Waals surface area contributed by atoms with E-state index in [0.717, 1.165) is 31.1 Å². The summed E-state index contributed by atoms with van der Waals surface area (Å²) < 4.78 is 0. The van der Waals surface area contributed by atoms with E-state index < -0.39 is 0 Å². The van der Waals surface area contributed by atoms with Crippen LogP contribution in [-0.2, 0) is 11.2 Å². The number of aryl methyl sites for hydroxylation is 1. The standard InChI is InChI=1S/C14H20BrNOS/c1-11-7-8-16(13(11)10-15)14(17)6-2-4-12-5-3-9-18-12/h3,5,9,11,13H,2,4,6-8,10H2,1H3. The summed E-state index contributed by atoms with van der Waals surface area (Å²) in [5.74, 6) is 0.964. The number of rotatable bonds is 5. The molecule has 1 aliphatic heterocycles. The third-order valence-corrected chi connectivity index (χ3v) is 5.35. The van der Waals surface area contributed by atoms with Crippen LogP contribution in [0.15, 0.2) is 17.5 Å². The second-order valence-corrected chi connectivity index (χ2v) is 6.69. The molecule has 1 amide bonds. The Morgan fingerprint density at radius 1 is 1.61 bits per heavy atom. The van der Waals surface area contributed by atoms with E-state index in [1.807, 2.05) is 0 Å². The zero-order chi connectivity index (χ0) is 13.0. The molecular weight excluding hydrogens is 310 g/mol. The molecule has 2 rings (SSSR count). The van der Waals surface area contributed by atoms with E-state index in [1.54, 1.807) is 11.3 Å². The quantitative estimate of drug-likeness (QED) is 0.754. The zero-order valence-corrected chi connectivity index (χ0v) is 13.2. The van der Waals surface area contributed by atoms with Gasteiger partial charge in [0, 0.05) is 29.2 Å². The minimum Gasteiger partial charge on any atom is -0.339 e. The van der Waals surface area contributed by atoms with Crippen LogP contribution in [0.25, 0.3) is 0 Å². The summed E-state index contributed by atoms with van der Waals surface area (Å²) in [5.41, 5.74) is 0. The van der Waals surface area contributed by atoms with Gasteiger partial charge in [-0.1, -0.05) is 28.9 Å². The maximum Gasteiger partial charge on any atom is 0.222 e. The highest BCUT2D eigenvalue weighted by Gasteiger charge is 2.32. The summed E-state index contributed by atoms with van der Waals surface area (Å²) in [4.78, 5) is 15.7. The maximum atomic E-state index is 12.2. The largest absolute Gasteiger partial charge is 0.339 e. The van der Waals surface area contributed by atoms with Gasteiger partial charge in [-0.2, -0.15) is 0 Å². The van der Waals surface area contributed by atoms with Crippen LogP contribution < -0.4 is 0 Å². The number of halogens is 1. The first-order valence-electron chi connectivity index (χ1n) is 6.60. The Morgan fingerprint density at radius 2 is 2.44 bits per heavy atom. The molecule has 0 bridgehead atoms. The lowest BCUT2D eigenvalue weighted by atomic mass is 10.0. The van der Waals surface area contributed by atoms with Gasteiger partial charge in [0.15, 0.2) is 0 Å². The van der Waals surface area contributed by atoms with E-state index in [-0.39, 0.29) is 0 Å². The lowest BCUT2D eigenvalue weighted by molar-refractivity contribution is -0.132. The number of amides is 1. The Balaban J connectivity index is 1.77. The highest BCUT2D eigenvalue weighted by molar-refractivity contribution is 9.09. The SMILES string of the molecule is CC1CCN(C(=O)CCCc2cccs2)C1CBr. The molecule has 0 spiro atoms. The van der Waals surface area contributed by atoms with Crippen LogP contribution in [0.5, 0.6) is 0 Å². The molecule has 2 heterocycles. The van der Waals surface area contributed by atoms with Crippen molar-refractivity contribution in [2.45, 2.75) is 38.6 Å². The fourth-order valence-corrected chi connectivity index (χ4v) is 4.30. The van der Waals surface area contributed by atoms with Gasteiger partial charge in [-0.05, 0) is 36.6 Å². The minimum absolute atomic E-state index is 0.334. The van der Waals surface area contributed by atoms with E-state index in [0.29, 0.717) is 24.3 Å². The topological polar surface area (TPSA) is 20.3 Å². The third-order valence-electron chi connectivity index (χ3n) is 3.75. The first kappa shape index (κ1) is 14.1. The molecule has 100 valence electrons. The van der Waals surface area contributed by atoms with Gasteiger partial charge < -0.3 is 4.90 Å². The number of carbonyl (C=O) groups excluding carboxylic acids is 1. The van der Waals surface area contributed by atoms with Gasteiger partial charge in [-0.3, -0.25) is 4.79 Å². The van der Waals surface area contributed by atoms with Gasteiger partial charge in [0.25, 0.3) is 0 Å². The number of thiophene rings is 1. The third kappa shape index (κ3) is 3.35. The van der Waals surface area contributed by atoms with Crippen molar-refractivity contribution in [3.8, 4) is 0 Å². The minimum atomic E-state index is 0.334. The average molecular weight is 330 g/mol. The Morgan fingerprint density at radius 3 is 3.11 bits per heavy atom. The number of nitrogens with zero attached hydrogens (tertiary/aromatic N) is 1. The predicted octanol–water partition coefficient (Wildman–Crippen LogP) is 3.70. The van der Waals surface area contributed by atoms with Crippen molar-refractivity contribution in [3.63, 3.8) is 0 Å². The second-order valence-electron chi connectivity index (χ2n) is 5.01. The van der Waals surface area contributed by atoms with E-state index in [9.17, 15) is 4.79 Å². The Hall–Kier alpha value is -0.350. The van der Waals surface area contributed by atoms with Crippen molar-refractivity contribution in [2.24, 2.45) is 5.92 Å². The number of carbonyl (C=O) groups is 1. The fourth-order valence-electron chi connectivity index (χ4n) is 2.57. The fraction of sp³-hybridized carbons (Fsp3) is 0.643. The molecule has 1 aromatic rings. The first-order valence-corrected chi connectivity index (χ1v) is 8.60. The van der Waals surface area contributed by atoms with Crippen molar-refractivity contribution < 1.29 is 4.79 Å². The molecule has 2 atom stereocenters. The van der Waals surface area contributed by atoms with Gasteiger partial charge in [0.1, 0.15) is 0 Å². The van der Waals surface area contributed by atoms with Crippen molar-refractivity contribution in [1.29, 1.82) is 0 Å². The number of alkyl halides is 1. The summed E-state index contributed by atoms with van der Waals surface area (Å²) in [5, 5.41) is 3.00. The summed E-state index contributed by atoms with van der Waals surface area (Å²) in [6, 6.07) is 4.62. The molecule has 0 saturated carbocycles. The van der Waals surface area contributed by atoms with Crippen LogP contribution in [0.2, 0.25) is 0 Å². The van der Waals surface area contributed by atoms with Crippen molar-refractivity contribution in [3.05, 3.63) is 22.4 Å². The monoisotopic (exact) mass is 329 g/mol. The smallest absolute Gasteiger partial charge is 0.222 e. The van der Waals surface area contributed by atoms with Crippen molar-refractivity contribution >= 4 is 33.2 Å². The maximum absolute atomic E-state index is 12.2. The summed E-state index contributed by atoms with van der Waals surface area (Å²) in [6.45, 7) is 3.18. The van der Waals surface area contributed by atoms with Crippen LogP contribution in [0.3, 0.4) is 0 Å². The molecule has 0 radical (unpaired) electrons. The molecular formula is C14H20BrNOS. The summed E-state index contributed by atoms with van der Waals surface area (Å²) >= 11 is 5.31. The van der Waals surface area contributed by atoms with E-state index in [4.69, 9.17) is 0 Å². The average Bonchev–Trinajstić information content (AvgIpc) is 2.98. The summed E-state index contributed by atoms with van der Waals surface area (Å²) in [6.07, 6.45) is 3.84. The Labute approximate surface area is 122 Å². The normalized spacial score (nSPS) is 23.6. The molecule has 1 fully saturated rings. The predicted molar refractivity (Wildman–Crippen MR) is 80.3 cm³/mol. The second kappa shape index (κ2) is 6.71. The van der Waals surface area contributed by atoms with Crippen LogP contribution >= 0.6 is 27.3 Å². The molecule has 1 aromatic heterocycles. The van der Waals surface area contributed by atoms with Gasteiger partial charge in [-0.15, -0.1) is 11.3 Å². The number of hydrogen-bond donors (Lipinski definition) is 0. The molecule has 1 saturated heterocycles. The summed E-state index contributed by atoms with van der Waals surface area (Å²) in [7, 11) is 0. The van der Waals surface area contributed by atoms with Crippen LogP contribution in [0, 0.1) is 5.92 Å². The Bertz CT molecular complexity index is 379. The molecule has 0 N–H and O–H groups in total. The van der Waals surface area contributed by atoms with Crippen LogP contribution in [0.4, 0.5) is 0 Å². The van der Waals surface area contributed by atoms with Gasteiger partial charge in [0.05, 0.1) is 0 Å². The van der Waals surface area contributed by atoms with Gasteiger partial charge in [0.2, 0.25) is 5.91 Å². The first-order chi connectivity index (χ1) is 8.72. The van der Waals surface area contributed by atoms with E-state index >= 15 is 0 Å². The molecule has 4 heteroatoms. The highest BCUT2D eigenvalue weighted by Crippen LogP contribution is 2.26. The van der Waals surface area contributed by atoms with Crippen molar-refractivity contribution in [1.82, 2.24) is 4.90 Å². The van der Waals surface area contributed by atoms with Crippen LogP contribution in [0.1, 0.15) is 31.1 Å². The number of hydrogen-bond acceptors (Lipinski definition) is 2. The highest BCUT2D eigenvalue weighted by atomic mass is 79.9. The van der Waals surface area contributed by atoms with Gasteiger partial charge in [-0.25, -0.2) is 0 Å². The number of likely N-dealkylation sites (tertiary alicyclic amines) is 1. The van der Waals surface area contributed by atoms with Gasteiger partial charge >= 0.3 is 0 Å². The lowest BCUT2D eigenvalue weighted by Gasteiger charge is -2.25. The molecule has 2 unspecified atom stereocenters. The molecule has 2 nitrogen and oxygen atoms in total. The molecule has 0 aliphatic carbocycles. The Kier molecular flexibility index (Phi) is 5.25. The van der Waals surface area contributed by atoms with E-state index in [2.05, 4.69) is 45.3 Å². The molecule has 1 aliphatic rings. The lowest BCUT2D eigenvalue weighted by Crippen LogP contribution is -2.38. The zero-order valence-electron chi connectivity index (χ0n) is 10.8. The van der Waals surface area contributed by atoms with Crippen molar-refractivity contribution in [2.75, 3.05) is 11.9 Å². The van der Waals surface area contributed by atoms with E-state index in [1.165, 1.54) is 4.88 Å². The molecule has 18 heavy (non-hydrogen) atoms. The van der Waals surface area contributed by atoms with Crippen LogP contribution in [-0.4, -0.2) is 28.7 Å².